The summed E-state index contributed by atoms with van der Waals surface area (Å²) in [6.45, 7) is 0. The van der Waals surface area contributed by atoms with Crippen LogP contribution in [0.5, 0.6) is 0 Å². The molecule has 0 saturated carbocycles. The Balaban J connectivity index is 2.36. The van der Waals surface area contributed by atoms with Gasteiger partial charge in [-0.3, -0.25) is 0 Å². The first-order chi connectivity index (χ1) is 13.7. The number of fused-ring (bicyclic) bond motifs is 3. The minimum atomic E-state index is 0.0157. The average molecular weight is 392 g/mol. The van der Waals surface area contributed by atoms with Crippen molar-refractivity contribution in [3.63, 3.8) is 0 Å². The molecule has 4 nitrogen and oxygen atoms in total. The van der Waals surface area contributed by atoms with Crippen LogP contribution in [0, 0.1) is 45.3 Å². The van der Waals surface area contributed by atoms with Crippen LogP contribution in [0.25, 0.3) is 21.9 Å². The second-order valence-corrected chi connectivity index (χ2v) is 7.91. The summed E-state index contributed by atoms with van der Waals surface area (Å²) in [5.41, 5.74) is 0.0314. The fraction of sp³-hybridized carbons (Fsp3) is 0. The van der Waals surface area contributed by atoms with E-state index >= 15 is 0 Å². The van der Waals surface area contributed by atoms with Crippen LogP contribution in [0.4, 0.5) is 0 Å². The zero-order chi connectivity index (χ0) is 19.7. The average Bonchev–Trinajstić information content (AvgIpc) is 2.75. The van der Waals surface area contributed by atoms with Crippen molar-refractivity contribution in [2.45, 2.75) is 19.6 Å². The van der Waals surface area contributed by atoms with Crippen LogP contribution in [0.3, 0.4) is 0 Å². The molecule has 0 aliphatic carbocycles. The Labute approximate surface area is 169 Å². The molecule has 0 fully saturated rings. The number of rotatable bonds is 0. The summed E-state index contributed by atoms with van der Waals surface area (Å²) in [4.78, 5) is 3.48. The van der Waals surface area contributed by atoms with E-state index in [9.17, 15) is 21.0 Å². The van der Waals surface area contributed by atoms with Crippen molar-refractivity contribution in [2.24, 2.45) is 0 Å². The van der Waals surface area contributed by atoms with Crippen molar-refractivity contribution in [2.75, 3.05) is 0 Å². The van der Waals surface area contributed by atoms with Crippen molar-refractivity contribution in [1.29, 1.82) is 21.0 Å². The van der Waals surface area contributed by atoms with Gasteiger partial charge < -0.3 is 0 Å². The van der Waals surface area contributed by atoms with E-state index in [1.807, 2.05) is 72.8 Å². The van der Waals surface area contributed by atoms with E-state index in [0.717, 1.165) is 19.6 Å². The molecule has 28 heavy (non-hydrogen) atoms. The molecule has 3 aromatic rings. The lowest BCUT2D eigenvalue weighted by Gasteiger charge is -2.21. The van der Waals surface area contributed by atoms with E-state index in [1.54, 1.807) is 0 Å². The summed E-state index contributed by atoms with van der Waals surface area (Å²) in [7, 11) is 0. The predicted molar refractivity (Wildman–Crippen MR) is 107 cm³/mol. The van der Waals surface area contributed by atoms with Gasteiger partial charge in [0.1, 0.15) is 35.4 Å². The summed E-state index contributed by atoms with van der Waals surface area (Å²) < 4.78 is 0. The number of nitriles is 4. The van der Waals surface area contributed by atoms with Crippen LogP contribution >= 0.6 is 23.5 Å². The third-order valence-electron chi connectivity index (χ3n) is 4.35. The second-order valence-electron chi connectivity index (χ2n) is 5.80. The van der Waals surface area contributed by atoms with E-state index in [-0.39, 0.29) is 11.1 Å². The molecule has 0 radical (unpaired) electrons. The molecule has 4 rings (SSSR count). The van der Waals surface area contributed by atoms with Gasteiger partial charge >= 0.3 is 0 Å². The van der Waals surface area contributed by atoms with Gasteiger partial charge in [0, 0.05) is 30.0 Å². The zero-order valence-corrected chi connectivity index (χ0v) is 15.9. The normalized spacial score (nSPS) is 11.1. The monoisotopic (exact) mass is 392 g/mol. The molecule has 0 N–H and O–H groups in total. The SMILES string of the molecule is N#CC(C#N)=c1c2c(c(=C(C#N)C#N)c3ccccc13)Sc1ccccc1S2. The van der Waals surface area contributed by atoms with E-state index in [4.69, 9.17) is 0 Å². The molecule has 0 aromatic heterocycles. The van der Waals surface area contributed by atoms with Crippen molar-refractivity contribution in [3.05, 3.63) is 59.0 Å². The fourth-order valence-corrected chi connectivity index (χ4v) is 5.78. The minimum Gasteiger partial charge on any atom is -0.192 e. The summed E-state index contributed by atoms with van der Waals surface area (Å²) in [6, 6.07) is 23.1. The molecular weight excluding hydrogens is 384 g/mol. The summed E-state index contributed by atoms with van der Waals surface area (Å²) in [5, 5.41) is 40.8. The number of nitrogens with zero attached hydrogens (tertiary/aromatic N) is 4. The highest BCUT2D eigenvalue weighted by Crippen LogP contribution is 2.46. The Morgan fingerprint density at radius 1 is 0.571 bits per heavy atom. The van der Waals surface area contributed by atoms with Gasteiger partial charge in [0.2, 0.25) is 0 Å². The van der Waals surface area contributed by atoms with Gasteiger partial charge in [-0.1, -0.05) is 59.9 Å². The van der Waals surface area contributed by atoms with Crippen LogP contribution in [0.1, 0.15) is 0 Å². The molecule has 1 aliphatic heterocycles. The maximum absolute atomic E-state index is 9.57. The first kappa shape index (κ1) is 17.7. The Kier molecular flexibility index (Phi) is 4.52. The maximum atomic E-state index is 9.57. The van der Waals surface area contributed by atoms with Gasteiger partial charge in [0.25, 0.3) is 0 Å². The van der Waals surface area contributed by atoms with Crippen molar-refractivity contribution < 1.29 is 0 Å². The highest BCUT2D eigenvalue weighted by Gasteiger charge is 2.24. The number of hydrogen-bond donors (Lipinski definition) is 0. The van der Waals surface area contributed by atoms with Crippen molar-refractivity contribution in [1.82, 2.24) is 0 Å². The van der Waals surface area contributed by atoms with Gasteiger partial charge in [0.05, 0.1) is 0 Å². The molecule has 3 aromatic carbocycles. The van der Waals surface area contributed by atoms with Gasteiger partial charge in [-0.2, -0.15) is 21.0 Å². The summed E-state index contributed by atoms with van der Waals surface area (Å²) in [5.74, 6) is 0. The summed E-state index contributed by atoms with van der Waals surface area (Å²) in [6.07, 6.45) is 0. The van der Waals surface area contributed by atoms with Gasteiger partial charge in [-0.05, 0) is 22.9 Å². The molecule has 1 aliphatic rings. The molecule has 0 bridgehead atoms. The lowest BCUT2D eigenvalue weighted by molar-refractivity contribution is 1.13. The molecule has 0 unspecified atom stereocenters. The number of hydrogen-bond acceptors (Lipinski definition) is 6. The molecule has 0 saturated heterocycles. The highest BCUT2D eigenvalue weighted by atomic mass is 32.2. The topological polar surface area (TPSA) is 95.2 Å². The first-order valence-corrected chi connectivity index (χ1v) is 9.75. The largest absolute Gasteiger partial charge is 0.192 e. The van der Waals surface area contributed by atoms with Gasteiger partial charge in [0.15, 0.2) is 0 Å². The first-order valence-electron chi connectivity index (χ1n) is 8.12. The zero-order valence-electron chi connectivity index (χ0n) is 14.2. The smallest absolute Gasteiger partial charge is 0.138 e. The van der Waals surface area contributed by atoms with Crippen LogP contribution in [0.2, 0.25) is 0 Å². The summed E-state index contributed by atoms with van der Waals surface area (Å²) >= 11 is 2.92. The Bertz CT molecular complexity index is 1310. The third kappa shape index (κ3) is 2.61. The van der Waals surface area contributed by atoms with Gasteiger partial charge in [-0.25, -0.2) is 0 Å². The third-order valence-corrected chi connectivity index (χ3v) is 6.98. The Hall–Kier alpha value is -3.68. The quantitative estimate of drug-likeness (QED) is 0.451. The number of benzene rings is 3. The lowest BCUT2D eigenvalue weighted by atomic mass is 10.0. The second kappa shape index (κ2) is 7.15. The lowest BCUT2D eigenvalue weighted by Crippen LogP contribution is -2.23. The predicted octanol–water partition coefficient (Wildman–Crippen LogP) is 3.85. The molecule has 128 valence electrons. The van der Waals surface area contributed by atoms with Gasteiger partial charge in [-0.15, -0.1) is 0 Å². The standard InChI is InChI=1S/C22H8N4S2/c23-9-13(10-24)19-15-5-1-2-6-16(15)20(14(11-25)12-26)22-21(19)27-17-7-3-4-8-18(17)28-22/h1-8H. The molecule has 1 heterocycles. The maximum Gasteiger partial charge on any atom is 0.138 e. The van der Waals surface area contributed by atoms with E-state index in [0.29, 0.717) is 21.2 Å². The van der Waals surface area contributed by atoms with Crippen LogP contribution in [-0.2, 0) is 0 Å². The van der Waals surface area contributed by atoms with E-state index in [2.05, 4.69) is 0 Å². The molecular formula is C22H8N4S2. The molecule has 0 spiro atoms. The highest BCUT2D eigenvalue weighted by molar-refractivity contribution is 8.05. The van der Waals surface area contributed by atoms with Crippen LogP contribution in [-0.4, -0.2) is 0 Å². The van der Waals surface area contributed by atoms with Crippen LogP contribution in [0.15, 0.2) is 68.1 Å². The van der Waals surface area contributed by atoms with E-state index in [1.165, 1.54) is 23.5 Å². The Morgan fingerprint density at radius 2 is 0.929 bits per heavy atom. The minimum absolute atomic E-state index is 0.0157. The molecule has 0 atom stereocenters. The molecule has 6 heteroatoms. The van der Waals surface area contributed by atoms with Crippen molar-refractivity contribution >= 4 is 45.4 Å². The molecule has 0 amide bonds. The van der Waals surface area contributed by atoms with Crippen LogP contribution < -0.4 is 10.4 Å². The van der Waals surface area contributed by atoms with E-state index < -0.39 is 0 Å². The van der Waals surface area contributed by atoms with Crippen molar-refractivity contribution in [3.8, 4) is 24.3 Å². The Morgan fingerprint density at radius 3 is 1.29 bits per heavy atom. The fourth-order valence-electron chi connectivity index (χ4n) is 3.19.